The van der Waals surface area contributed by atoms with Crippen LogP contribution in [0.1, 0.15) is 55.2 Å². The van der Waals surface area contributed by atoms with Crippen molar-refractivity contribution in [3.8, 4) is 5.75 Å². The SMILES string of the molecule is COc1ccc(/C=C(/C(=O)Nc2ccc(C34CC5CC(CC(C5)C3)C4)cc2)c2ccccc2)cc1. The molecule has 35 heavy (non-hydrogen) atoms. The molecule has 0 radical (unpaired) electrons. The van der Waals surface area contributed by atoms with Crippen molar-refractivity contribution in [3.05, 3.63) is 95.6 Å². The van der Waals surface area contributed by atoms with Gasteiger partial charge in [0, 0.05) is 11.3 Å². The lowest BCUT2D eigenvalue weighted by atomic mass is 9.48. The van der Waals surface area contributed by atoms with Crippen molar-refractivity contribution in [1.29, 1.82) is 0 Å². The molecule has 3 aromatic carbocycles. The van der Waals surface area contributed by atoms with Gasteiger partial charge in [-0.3, -0.25) is 4.79 Å². The van der Waals surface area contributed by atoms with Gasteiger partial charge in [-0.25, -0.2) is 0 Å². The fourth-order valence-corrected chi connectivity index (χ4v) is 7.33. The first kappa shape index (κ1) is 22.2. The molecule has 4 aliphatic carbocycles. The molecule has 1 amide bonds. The van der Waals surface area contributed by atoms with Gasteiger partial charge < -0.3 is 10.1 Å². The maximum Gasteiger partial charge on any atom is 0.256 e. The van der Waals surface area contributed by atoms with Gasteiger partial charge in [-0.2, -0.15) is 0 Å². The molecule has 3 heteroatoms. The van der Waals surface area contributed by atoms with E-state index in [2.05, 4.69) is 29.6 Å². The second-order valence-electron chi connectivity index (χ2n) is 10.9. The molecule has 3 aromatic rings. The highest BCUT2D eigenvalue weighted by Crippen LogP contribution is 2.60. The van der Waals surface area contributed by atoms with Crippen LogP contribution in [0.4, 0.5) is 5.69 Å². The minimum Gasteiger partial charge on any atom is -0.497 e. The fraction of sp³-hybridized carbons (Fsp3) is 0.344. The van der Waals surface area contributed by atoms with E-state index in [-0.39, 0.29) is 5.91 Å². The molecule has 0 saturated heterocycles. The third-order valence-corrected chi connectivity index (χ3v) is 8.55. The van der Waals surface area contributed by atoms with E-state index in [0.717, 1.165) is 40.3 Å². The van der Waals surface area contributed by atoms with E-state index >= 15 is 0 Å². The molecule has 3 nitrogen and oxygen atoms in total. The van der Waals surface area contributed by atoms with Crippen molar-refractivity contribution in [3.63, 3.8) is 0 Å². The Labute approximate surface area is 208 Å². The molecular formula is C32H33NO2. The van der Waals surface area contributed by atoms with Crippen LogP contribution in [-0.4, -0.2) is 13.0 Å². The molecule has 4 saturated carbocycles. The molecule has 7 rings (SSSR count). The summed E-state index contributed by atoms with van der Waals surface area (Å²) in [5.74, 6) is 3.48. The van der Waals surface area contributed by atoms with Crippen molar-refractivity contribution in [2.24, 2.45) is 17.8 Å². The van der Waals surface area contributed by atoms with Gasteiger partial charge in [-0.1, -0.05) is 54.6 Å². The number of methoxy groups -OCH3 is 1. The van der Waals surface area contributed by atoms with Crippen LogP contribution < -0.4 is 10.1 Å². The molecule has 1 N–H and O–H groups in total. The van der Waals surface area contributed by atoms with Gasteiger partial charge in [0.25, 0.3) is 5.91 Å². The summed E-state index contributed by atoms with van der Waals surface area (Å²) < 4.78 is 5.27. The predicted molar refractivity (Wildman–Crippen MR) is 142 cm³/mol. The Morgan fingerprint density at radius 3 is 2.00 bits per heavy atom. The summed E-state index contributed by atoms with van der Waals surface area (Å²) in [6, 6.07) is 26.4. The lowest BCUT2D eigenvalue weighted by molar-refractivity contribution is -0.111. The topological polar surface area (TPSA) is 38.3 Å². The van der Waals surface area contributed by atoms with Crippen molar-refractivity contribution >= 4 is 23.2 Å². The van der Waals surface area contributed by atoms with Crippen LogP contribution in [0, 0.1) is 17.8 Å². The Hall–Kier alpha value is -3.33. The van der Waals surface area contributed by atoms with Crippen LogP contribution >= 0.6 is 0 Å². The summed E-state index contributed by atoms with van der Waals surface area (Å²) in [7, 11) is 1.65. The van der Waals surface area contributed by atoms with E-state index in [4.69, 9.17) is 4.74 Å². The molecule has 4 aliphatic rings. The van der Waals surface area contributed by atoms with Crippen molar-refractivity contribution < 1.29 is 9.53 Å². The van der Waals surface area contributed by atoms with Gasteiger partial charge in [0.05, 0.1) is 7.11 Å². The summed E-state index contributed by atoms with van der Waals surface area (Å²) in [5, 5.41) is 3.15. The molecule has 4 fully saturated rings. The Bertz CT molecular complexity index is 1190. The molecule has 0 aromatic heterocycles. The third kappa shape index (κ3) is 4.40. The van der Waals surface area contributed by atoms with Crippen LogP contribution in [0.5, 0.6) is 5.75 Å². The highest BCUT2D eigenvalue weighted by atomic mass is 16.5. The van der Waals surface area contributed by atoms with Crippen LogP contribution in [0.25, 0.3) is 11.6 Å². The number of amides is 1. The van der Waals surface area contributed by atoms with Crippen molar-refractivity contribution in [2.75, 3.05) is 12.4 Å². The monoisotopic (exact) mass is 463 g/mol. The standard InChI is InChI=1S/C32H33NO2/c1-35-29-13-7-22(8-14-29)18-30(26-5-3-2-4-6-26)31(34)33-28-11-9-27(10-12-28)32-19-23-15-24(20-32)17-25(16-23)21-32/h2-14,18,23-25H,15-17,19-21H2,1H3,(H,33,34)/b30-18+. The first-order chi connectivity index (χ1) is 17.1. The Morgan fingerprint density at radius 2 is 1.43 bits per heavy atom. The van der Waals surface area contributed by atoms with Crippen LogP contribution in [0.3, 0.4) is 0 Å². The fourth-order valence-electron chi connectivity index (χ4n) is 7.33. The number of hydrogen-bond donors (Lipinski definition) is 1. The number of ether oxygens (including phenoxy) is 1. The minimum atomic E-state index is -0.102. The average molecular weight is 464 g/mol. The van der Waals surface area contributed by atoms with Crippen LogP contribution in [0.15, 0.2) is 78.9 Å². The zero-order chi connectivity index (χ0) is 23.8. The quantitative estimate of drug-likeness (QED) is 0.307. The predicted octanol–water partition coefficient (Wildman–Crippen LogP) is 7.34. The van der Waals surface area contributed by atoms with Crippen LogP contribution in [0.2, 0.25) is 0 Å². The molecule has 178 valence electrons. The highest BCUT2D eigenvalue weighted by Gasteiger charge is 2.51. The number of nitrogens with one attached hydrogen (secondary N) is 1. The summed E-state index contributed by atoms with van der Waals surface area (Å²) in [6.07, 6.45) is 10.4. The number of benzene rings is 3. The van der Waals surface area contributed by atoms with Gasteiger partial charge in [-0.15, -0.1) is 0 Å². The van der Waals surface area contributed by atoms with E-state index < -0.39 is 0 Å². The minimum absolute atomic E-state index is 0.102. The smallest absolute Gasteiger partial charge is 0.256 e. The lowest BCUT2D eigenvalue weighted by Gasteiger charge is -2.57. The van der Waals surface area contributed by atoms with Gasteiger partial charge in [0.15, 0.2) is 0 Å². The summed E-state index contributed by atoms with van der Waals surface area (Å²) in [4.78, 5) is 13.4. The van der Waals surface area contributed by atoms with Gasteiger partial charge in [0.2, 0.25) is 0 Å². The summed E-state index contributed by atoms with van der Waals surface area (Å²) >= 11 is 0. The second-order valence-corrected chi connectivity index (χ2v) is 10.9. The maximum atomic E-state index is 13.4. The molecule has 0 atom stereocenters. The largest absolute Gasteiger partial charge is 0.497 e. The molecule has 0 heterocycles. The van der Waals surface area contributed by atoms with E-state index in [9.17, 15) is 4.79 Å². The molecule has 0 spiro atoms. The second kappa shape index (κ2) is 9.03. The number of hydrogen-bond acceptors (Lipinski definition) is 2. The van der Waals surface area contributed by atoms with E-state index in [1.807, 2.05) is 60.7 Å². The van der Waals surface area contributed by atoms with Crippen molar-refractivity contribution in [1.82, 2.24) is 0 Å². The lowest BCUT2D eigenvalue weighted by Crippen LogP contribution is -2.48. The Kier molecular flexibility index (Phi) is 5.72. The molecular weight excluding hydrogens is 430 g/mol. The normalized spacial score (nSPS) is 27.0. The first-order valence-corrected chi connectivity index (χ1v) is 12.9. The summed E-state index contributed by atoms with van der Waals surface area (Å²) in [5.41, 5.74) is 5.19. The number of rotatable bonds is 6. The van der Waals surface area contributed by atoms with Crippen LogP contribution in [-0.2, 0) is 10.2 Å². The van der Waals surface area contributed by atoms with Gasteiger partial charge in [-0.05, 0) is 109 Å². The third-order valence-electron chi connectivity index (χ3n) is 8.55. The summed E-state index contributed by atoms with van der Waals surface area (Å²) in [6.45, 7) is 0. The number of carbonyl (C=O) groups is 1. The van der Waals surface area contributed by atoms with E-state index in [1.54, 1.807) is 7.11 Å². The average Bonchev–Trinajstić information content (AvgIpc) is 2.87. The zero-order valence-electron chi connectivity index (χ0n) is 20.4. The van der Waals surface area contributed by atoms with Gasteiger partial charge >= 0.3 is 0 Å². The highest BCUT2D eigenvalue weighted by molar-refractivity contribution is 6.29. The van der Waals surface area contributed by atoms with E-state index in [1.165, 1.54) is 44.1 Å². The van der Waals surface area contributed by atoms with Crippen molar-refractivity contribution in [2.45, 2.75) is 43.9 Å². The first-order valence-electron chi connectivity index (χ1n) is 12.9. The van der Waals surface area contributed by atoms with E-state index in [0.29, 0.717) is 11.0 Å². The Morgan fingerprint density at radius 1 is 0.829 bits per heavy atom. The van der Waals surface area contributed by atoms with Gasteiger partial charge in [0.1, 0.15) is 5.75 Å². The maximum absolute atomic E-state index is 13.4. The zero-order valence-corrected chi connectivity index (χ0v) is 20.4. The molecule has 4 bridgehead atoms. The number of carbonyl (C=O) groups excluding carboxylic acids is 1. The number of anilines is 1. The molecule has 0 unspecified atom stereocenters. The Balaban J connectivity index is 1.23. The molecule has 0 aliphatic heterocycles.